The number of unbranched alkanes of at least 4 members (excludes halogenated alkanes) is 2. The van der Waals surface area contributed by atoms with E-state index in [2.05, 4.69) is 27.7 Å². The summed E-state index contributed by atoms with van der Waals surface area (Å²) in [6.07, 6.45) is 9.18. The van der Waals surface area contributed by atoms with Crippen molar-refractivity contribution in [1.29, 1.82) is 0 Å². The molecule has 0 N–H and O–H groups in total. The highest BCUT2D eigenvalue weighted by atomic mass is 16.6. The minimum atomic E-state index is -0.260. The second-order valence-electron chi connectivity index (χ2n) is 8.24. The largest absolute Gasteiger partial charge is 0.633 e. The molecule has 146 valence electrons. The van der Waals surface area contributed by atoms with Crippen molar-refractivity contribution in [3.63, 3.8) is 0 Å². The van der Waals surface area contributed by atoms with Gasteiger partial charge in [-0.1, -0.05) is 53.4 Å². The van der Waals surface area contributed by atoms with E-state index in [4.69, 9.17) is 0 Å². The van der Waals surface area contributed by atoms with Crippen molar-refractivity contribution in [3.8, 4) is 0 Å². The van der Waals surface area contributed by atoms with Crippen molar-refractivity contribution in [2.75, 3.05) is 40.3 Å². The zero-order valence-electron chi connectivity index (χ0n) is 17.4. The van der Waals surface area contributed by atoms with E-state index < -0.39 is 0 Å². The molecular formula is C20H44N2O2. The maximum Gasteiger partial charge on any atom is 0.128 e. The van der Waals surface area contributed by atoms with Crippen LogP contribution in [0, 0.1) is 22.3 Å². The molecule has 0 saturated heterocycles. The third kappa shape index (κ3) is 11.4. The van der Waals surface area contributed by atoms with Gasteiger partial charge in [0.25, 0.3) is 0 Å². The van der Waals surface area contributed by atoms with Crippen LogP contribution >= 0.6 is 0 Å². The highest BCUT2D eigenvalue weighted by Gasteiger charge is 2.23. The van der Waals surface area contributed by atoms with Crippen LogP contribution in [0.15, 0.2) is 0 Å². The Balaban J connectivity index is 4.43. The Morgan fingerprint density at radius 2 is 1.00 bits per heavy atom. The summed E-state index contributed by atoms with van der Waals surface area (Å²) in [5.41, 5.74) is 0. The summed E-state index contributed by atoms with van der Waals surface area (Å²) < 4.78 is -0.520. The van der Waals surface area contributed by atoms with Crippen LogP contribution in [0.2, 0.25) is 0 Å². The van der Waals surface area contributed by atoms with Gasteiger partial charge in [-0.2, -0.15) is 0 Å². The summed E-state index contributed by atoms with van der Waals surface area (Å²) in [7, 11) is 3.51. The summed E-state index contributed by atoms with van der Waals surface area (Å²) in [5, 5.41) is 25.6. The average molecular weight is 345 g/mol. The maximum atomic E-state index is 12.8. The van der Waals surface area contributed by atoms with E-state index in [1.54, 1.807) is 14.1 Å². The van der Waals surface area contributed by atoms with Gasteiger partial charge in [0.1, 0.15) is 13.1 Å². The number of quaternary nitrogens is 2. The van der Waals surface area contributed by atoms with Crippen molar-refractivity contribution in [2.24, 2.45) is 11.8 Å². The van der Waals surface area contributed by atoms with E-state index in [1.165, 1.54) is 25.7 Å². The van der Waals surface area contributed by atoms with Crippen LogP contribution in [0.5, 0.6) is 0 Å². The Kier molecular flexibility index (Phi) is 12.2. The molecule has 4 atom stereocenters. The third-order valence-corrected chi connectivity index (χ3v) is 5.42. The van der Waals surface area contributed by atoms with E-state index in [0.717, 1.165) is 25.7 Å². The summed E-state index contributed by atoms with van der Waals surface area (Å²) in [6.45, 7) is 10.9. The lowest BCUT2D eigenvalue weighted by Crippen LogP contribution is -2.51. The second-order valence-corrected chi connectivity index (χ2v) is 8.24. The van der Waals surface area contributed by atoms with Gasteiger partial charge in [-0.05, 0) is 25.7 Å². The minimum Gasteiger partial charge on any atom is -0.633 e. The van der Waals surface area contributed by atoms with Crippen molar-refractivity contribution in [2.45, 2.75) is 79.1 Å². The summed E-state index contributed by atoms with van der Waals surface area (Å²) in [6, 6.07) is 0. The molecule has 0 radical (unpaired) electrons. The lowest BCUT2D eigenvalue weighted by Gasteiger charge is -2.46. The molecule has 0 aliphatic carbocycles. The Morgan fingerprint density at radius 1 is 0.667 bits per heavy atom. The molecule has 4 unspecified atom stereocenters. The molecule has 4 nitrogen and oxygen atoms in total. The van der Waals surface area contributed by atoms with Gasteiger partial charge >= 0.3 is 0 Å². The Bertz CT molecular complexity index is 276. The first kappa shape index (κ1) is 23.8. The van der Waals surface area contributed by atoms with Crippen molar-refractivity contribution < 1.29 is 9.29 Å². The van der Waals surface area contributed by atoms with E-state index in [9.17, 15) is 10.4 Å². The Labute approximate surface area is 151 Å². The van der Waals surface area contributed by atoms with Gasteiger partial charge in [-0.3, -0.25) is 0 Å². The van der Waals surface area contributed by atoms with Crippen molar-refractivity contribution in [1.82, 2.24) is 0 Å². The molecule has 0 aromatic rings. The molecule has 0 aromatic heterocycles. The smallest absolute Gasteiger partial charge is 0.128 e. The molecule has 0 rings (SSSR count). The molecule has 24 heavy (non-hydrogen) atoms. The number of hydroxylamine groups is 6. The van der Waals surface area contributed by atoms with Gasteiger partial charge in [0.05, 0.1) is 27.2 Å². The zero-order valence-corrected chi connectivity index (χ0v) is 17.4. The standard InChI is InChI=1S/C20H44N2O2/c1-7-11-13-19(9-3)17-21(5,23)15-16-22(6,24)18-20(10-4)14-12-8-2/h19-20H,7-18H2,1-6H3. The molecule has 0 spiro atoms. The van der Waals surface area contributed by atoms with Gasteiger partial charge in [0.15, 0.2) is 0 Å². The van der Waals surface area contributed by atoms with Gasteiger partial charge in [-0.15, -0.1) is 0 Å². The Morgan fingerprint density at radius 3 is 1.25 bits per heavy atom. The average Bonchev–Trinajstić information content (AvgIpc) is 2.53. The quantitative estimate of drug-likeness (QED) is 0.298. The number of rotatable bonds is 15. The number of nitrogens with zero attached hydrogens (tertiary/aromatic N) is 2. The summed E-state index contributed by atoms with van der Waals surface area (Å²) >= 11 is 0. The predicted octanol–water partition coefficient (Wildman–Crippen LogP) is 5.31. The number of hydrogen-bond donors (Lipinski definition) is 0. The molecule has 0 aromatic carbocycles. The predicted molar refractivity (Wildman–Crippen MR) is 105 cm³/mol. The van der Waals surface area contributed by atoms with Crippen LogP contribution in [0.4, 0.5) is 0 Å². The van der Waals surface area contributed by atoms with Crippen LogP contribution in [-0.2, 0) is 0 Å². The lowest BCUT2D eigenvalue weighted by atomic mass is 9.98. The fourth-order valence-electron chi connectivity index (χ4n) is 3.53. The molecule has 0 amide bonds. The summed E-state index contributed by atoms with van der Waals surface area (Å²) in [4.78, 5) is 0. The molecule has 0 aliphatic rings. The molecule has 0 bridgehead atoms. The van der Waals surface area contributed by atoms with Crippen LogP contribution in [0.1, 0.15) is 79.1 Å². The maximum absolute atomic E-state index is 12.8. The highest BCUT2D eigenvalue weighted by Crippen LogP contribution is 2.20. The fourth-order valence-corrected chi connectivity index (χ4v) is 3.53. The van der Waals surface area contributed by atoms with E-state index in [-0.39, 0.29) is 9.29 Å². The fraction of sp³-hybridized carbons (Fsp3) is 1.00. The van der Waals surface area contributed by atoms with Gasteiger partial charge in [-0.25, -0.2) is 0 Å². The van der Waals surface area contributed by atoms with Gasteiger partial charge in [0.2, 0.25) is 0 Å². The monoisotopic (exact) mass is 344 g/mol. The van der Waals surface area contributed by atoms with E-state index in [0.29, 0.717) is 38.0 Å². The van der Waals surface area contributed by atoms with E-state index in [1.807, 2.05) is 0 Å². The zero-order chi connectivity index (χ0) is 18.6. The molecule has 0 saturated carbocycles. The molecule has 0 heterocycles. The first-order valence-corrected chi connectivity index (χ1v) is 10.3. The molecule has 0 aliphatic heterocycles. The Hall–Kier alpha value is -0.160. The highest BCUT2D eigenvalue weighted by molar-refractivity contribution is 4.60. The lowest BCUT2D eigenvalue weighted by molar-refractivity contribution is -0.920. The molecular weight excluding hydrogens is 300 g/mol. The van der Waals surface area contributed by atoms with Gasteiger partial charge in [0, 0.05) is 11.8 Å². The summed E-state index contributed by atoms with van der Waals surface area (Å²) in [5.74, 6) is 0.983. The normalized spacial score (nSPS) is 19.5. The third-order valence-electron chi connectivity index (χ3n) is 5.42. The number of hydrogen-bond acceptors (Lipinski definition) is 2. The van der Waals surface area contributed by atoms with Crippen molar-refractivity contribution in [3.05, 3.63) is 10.4 Å². The van der Waals surface area contributed by atoms with E-state index >= 15 is 0 Å². The SMILES string of the molecule is CCCCC(CC)C[N+](C)([O-])CC[N+](C)([O-])CC(CC)CCCC. The minimum absolute atomic E-state index is 0.260. The number of likely N-dealkylation sites (N-methyl/N-ethyl adjacent to an activating group) is 2. The van der Waals surface area contributed by atoms with Crippen LogP contribution < -0.4 is 0 Å². The van der Waals surface area contributed by atoms with Gasteiger partial charge < -0.3 is 19.7 Å². The second kappa shape index (κ2) is 12.2. The van der Waals surface area contributed by atoms with Crippen LogP contribution in [0.25, 0.3) is 0 Å². The van der Waals surface area contributed by atoms with Crippen LogP contribution in [0.3, 0.4) is 0 Å². The molecule has 4 heteroatoms. The first-order chi connectivity index (χ1) is 11.2. The first-order valence-electron chi connectivity index (χ1n) is 10.3. The van der Waals surface area contributed by atoms with Crippen molar-refractivity contribution >= 4 is 0 Å². The topological polar surface area (TPSA) is 46.1 Å². The molecule has 0 fully saturated rings. The van der Waals surface area contributed by atoms with Crippen LogP contribution in [-0.4, -0.2) is 49.6 Å².